The summed E-state index contributed by atoms with van der Waals surface area (Å²) in [6.07, 6.45) is 0.859. The lowest BCUT2D eigenvalue weighted by molar-refractivity contribution is 0.0384. The van der Waals surface area contributed by atoms with Crippen molar-refractivity contribution in [1.29, 1.82) is 0 Å². The number of nitrogens with zero attached hydrogens (tertiary/aromatic N) is 1. The van der Waals surface area contributed by atoms with Crippen LogP contribution >= 0.6 is 0 Å². The van der Waals surface area contributed by atoms with Crippen LogP contribution in [-0.2, 0) is 11.2 Å². The first-order chi connectivity index (χ1) is 7.34. The molecule has 0 unspecified atom stereocenters. The number of morpholine rings is 1. The molecule has 1 aliphatic heterocycles. The standard InChI is InChI=1S/C12H15FNO/c13-12-3-1-2-11(10-12)4-5-14-6-8-15-9-7-14/h1-3H,4-9H2. The molecule has 1 heterocycles. The van der Waals surface area contributed by atoms with Gasteiger partial charge in [0.15, 0.2) is 0 Å². The van der Waals surface area contributed by atoms with Crippen molar-refractivity contribution in [3.05, 3.63) is 35.6 Å². The van der Waals surface area contributed by atoms with Crippen LogP contribution in [0.3, 0.4) is 0 Å². The summed E-state index contributed by atoms with van der Waals surface area (Å²) in [5.74, 6) is -0.269. The molecule has 1 aromatic rings. The van der Waals surface area contributed by atoms with Gasteiger partial charge in [0, 0.05) is 25.7 Å². The summed E-state index contributed by atoms with van der Waals surface area (Å²) >= 11 is 0. The van der Waals surface area contributed by atoms with Gasteiger partial charge in [-0.1, -0.05) is 12.1 Å². The maximum Gasteiger partial charge on any atom is 0.131 e. The predicted molar refractivity (Wildman–Crippen MR) is 56.2 cm³/mol. The van der Waals surface area contributed by atoms with Crippen molar-refractivity contribution in [2.24, 2.45) is 0 Å². The fraction of sp³-hybridized carbons (Fsp3) is 0.500. The lowest BCUT2D eigenvalue weighted by Crippen LogP contribution is -2.37. The van der Waals surface area contributed by atoms with Crippen molar-refractivity contribution < 1.29 is 9.13 Å². The van der Waals surface area contributed by atoms with Gasteiger partial charge in [-0.2, -0.15) is 0 Å². The number of hydrogen-bond donors (Lipinski definition) is 0. The molecule has 1 aromatic carbocycles. The topological polar surface area (TPSA) is 12.5 Å². The highest BCUT2D eigenvalue weighted by molar-refractivity contribution is 5.14. The molecule has 0 N–H and O–H groups in total. The molecular weight excluding hydrogens is 193 g/mol. The minimum atomic E-state index is -0.269. The van der Waals surface area contributed by atoms with Crippen LogP contribution in [-0.4, -0.2) is 37.7 Å². The average molecular weight is 208 g/mol. The number of ether oxygens (including phenoxy) is 1. The Bertz CT molecular complexity index is 310. The summed E-state index contributed by atoms with van der Waals surface area (Å²) in [5, 5.41) is 0. The van der Waals surface area contributed by atoms with Gasteiger partial charge in [-0.05, 0) is 18.1 Å². The van der Waals surface area contributed by atoms with Crippen LogP contribution in [0.5, 0.6) is 0 Å². The molecule has 2 nitrogen and oxygen atoms in total. The van der Waals surface area contributed by atoms with Crippen LogP contribution in [0.1, 0.15) is 5.56 Å². The van der Waals surface area contributed by atoms with E-state index in [4.69, 9.17) is 4.74 Å². The van der Waals surface area contributed by atoms with E-state index in [0.29, 0.717) is 0 Å². The molecule has 3 heteroatoms. The Morgan fingerprint density at radius 3 is 2.87 bits per heavy atom. The molecule has 1 saturated heterocycles. The van der Waals surface area contributed by atoms with Gasteiger partial charge in [-0.25, -0.2) is 4.39 Å². The van der Waals surface area contributed by atoms with Crippen molar-refractivity contribution in [2.45, 2.75) is 6.42 Å². The molecule has 15 heavy (non-hydrogen) atoms. The summed E-state index contributed by atoms with van der Waals surface area (Å²) in [5.41, 5.74) is 0.946. The van der Waals surface area contributed by atoms with Crippen LogP contribution in [0, 0.1) is 11.9 Å². The Hall–Kier alpha value is -0.930. The van der Waals surface area contributed by atoms with E-state index < -0.39 is 0 Å². The van der Waals surface area contributed by atoms with Crippen LogP contribution in [0.25, 0.3) is 0 Å². The minimum absolute atomic E-state index is 0.269. The molecule has 0 atom stereocenters. The molecule has 0 bridgehead atoms. The Labute approximate surface area is 89.7 Å². The third-order valence-electron chi connectivity index (χ3n) is 2.62. The van der Waals surface area contributed by atoms with E-state index >= 15 is 0 Å². The zero-order valence-corrected chi connectivity index (χ0v) is 8.71. The Morgan fingerprint density at radius 1 is 1.33 bits per heavy atom. The van der Waals surface area contributed by atoms with Crippen molar-refractivity contribution in [2.75, 3.05) is 32.8 Å². The Morgan fingerprint density at radius 2 is 2.13 bits per heavy atom. The normalized spacial score (nSPS) is 17.9. The zero-order chi connectivity index (χ0) is 10.5. The molecule has 81 valence electrons. The lowest BCUT2D eigenvalue weighted by atomic mass is 10.1. The van der Waals surface area contributed by atoms with E-state index in [9.17, 15) is 4.39 Å². The van der Waals surface area contributed by atoms with Gasteiger partial charge >= 0.3 is 0 Å². The summed E-state index contributed by atoms with van der Waals surface area (Å²) in [4.78, 5) is 2.34. The van der Waals surface area contributed by atoms with E-state index in [2.05, 4.69) is 11.0 Å². The van der Waals surface area contributed by atoms with Gasteiger partial charge in [-0.15, -0.1) is 0 Å². The second-order valence-corrected chi connectivity index (χ2v) is 3.73. The molecule has 1 radical (unpaired) electrons. The first-order valence-electron chi connectivity index (χ1n) is 5.31. The first-order valence-corrected chi connectivity index (χ1v) is 5.31. The summed E-state index contributed by atoms with van der Waals surface area (Å²) in [7, 11) is 0. The molecule has 1 fully saturated rings. The second kappa shape index (κ2) is 5.24. The maximum atomic E-state index is 12.8. The van der Waals surface area contributed by atoms with E-state index in [-0.39, 0.29) is 5.82 Å². The molecule has 0 spiro atoms. The summed E-state index contributed by atoms with van der Waals surface area (Å²) < 4.78 is 18.1. The van der Waals surface area contributed by atoms with Crippen molar-refractivity contribution in [1.82, 2.24) is 4.90 Å². The Balaban J connectivity index is 1.81. The first kappa shape index (κ1) is 10.6. The van der Waals surface area contributed by atoms with Gasteiger partial charge in [0.2, 0.25) is 0 Å². The fourth-order valence-corrected chi connectivity index (χ4v) is 1.73. The van der Waals surface area contributed by atoms with E-state index in [1.165, 1.54) is 6.07 Å². The molecule has 0 saturated carbocycles. The molecular formula is C12H15FNO. The number of benzene rings is 1. The third-order valence-corrected chi connectivity index (χ3v) is 2.62. The van der Waals surface area contributed by atoms with Gasteiger partial charge in [0.25, 0.3) is 0 Å². The highest BCUT2D eigenvalue weighted by Gasteiger charge is 2.09. The van der Waals surface area contributed by atoms with Crippen molar-refractivity contribution >= 4 is 0 Å². The average Bonchev–Trinajstić information content (AvgIpc) is 2.28. The van der Waals surface area contributed by atoms with E-state index in [0.717, 1.165) is 44.8 Å². The van der Waals surface area contributed by atoms with Gasteiger partial charge in [-0.3, -0.25) is 4.90 Å². The Kier molecular flexibility index (Phi) is 3.69. The zero-order valence-electron chi connectivity index (χ0n) is 8.71. The summed E-state index contributed by atoms with van der Waals surface area (Å²) in [6, 6.07) is 7.81. The predicted octanol–water partition coefficient (Wildman–Crippen LogP) is 1.50. The third kappa shape index (κ3) is 3.29. The summed E-state index contributed by atoms with van der Waals surface area (Å²) in [6.45, 7) is 4.55. The molecule has 0 aliphatic carbocycles. The van der Waals surface area contributed by atoms with Crippen LogP contribution < -0.4 is 0 Å². The molecule has 0 amide bonds. The van der Waals surface area contributed by atoms with Gasteiger partial charge in [0.1, 0.15) is 5.82 Å². The van der Waals surface area contributed by atoms with Gasteiger partial charge in [0.05, 0.1) is 13.2 Å². The largest absolute Gasteiger partial charge is 0.379 e. The smallest absolute Gasteiger partial charge is 0.131 e. The van der Waals surface area contributed by atoms with E-state index in [1.54, 1.807) is 6.07 Å². The highest BCUT2D eigenvalue weighted by Crippen LogP contribution is 2.05. The van der Waals surface area contributed by atoms with Crippen LogP contribution in [0.4, 0.5) is 4.39 Å². The minimum Gasteiger partial charge on any atom is -0.379 e. The number of hydrogen-bond acceptors (Lipinski definition) is 2. The second-order valence-electron chi connectivity index (χ2n) is 3.73. The monoisotopic (exact) mass is 208 g/mol. The van der Waals surface area contributed by atoms with Crippen molar-refractivity contribution in [3.8, 4) is 0 Å². The highest BCUT2D eigenvalue weighted by atomic mass is 19.1. The fourth-order valence-electron chi connectivity index (χ4n) is 1.73. The molecule has 0 aromatic heterocycles. The number of halogens is 1. The van der Waals surface area contributed by atoms with Crippen LogP contribution in [0.15, 0.2) is 18.2 Å². The molecule has 2 rings (SSSR count). The van der Waals surface area contributed by atoms with Crippen molar-refractivity contribution in [3.63, 3.8) is 0 Å². The maximum absolute atomic E-state index is 12.8. The number of rotatable bonds is 3. The lowest BCUT2D eigenvalue weighted by Gasteiger charge is -2.26. The van der Waals surface area contributed by atoms with E-state index in [1.807, 2.05) is 6.07 Å². The SMILES string of the molecule is Fc1[c]c(CCN2CCOCC2)ccc1. The van der Waals surface area contributed by atoms with Gasteiger partial charge < -0.3 is 4.74 Å². The quantitative estimate of drug-likeness (QED) is 0.746. The van der Waals surface area contributed by atoms with Crippen LogP contribution in [0.2, 0.25) is 0 Å². The molecule has 1 aliphatic rings.